The minimum absolute atomic E-state index is 0.302. The molecule has 0 unspecified atom stereocenters. The van der Waals surface area contributed by atoms with Crippen molar-refractivity contribution in [3.05, 3.63) is 46.1 Å². The SMILES string of the molecule is CCOC(=O)C=Cc1ccc(Cl)c(Oc2c(C=O)c(C)nn2C)c1. The lowest BCUT2D eigenvalue weighted by Crippen LogP contribution is -1.99. The number of aryl methyl sites for hydroxylation is 2. The molecule has 0 aliphatic heterocycles. The molecule has 1 aromatic heterocycles. The monoisotopic (exact) mass is 348 g/mol. The summed E-state index contributed by atoms with van der Waals surface area (Å²) < 4.78 is 12.1. The van der Waals surface area contributed by atoms with Crippen molar-refractivity contribution < 1.29 is 19.1 Å². The van der Waals surface area contributed by atoms with E-state index in [1.165, 1.54) is 10.8 Å². The van der Waals surface area contributed by atoms with E-state index in [-0.39, 0.29) is 0 Å². The Morgan fingerprint density at radius 3 is 2.83 bits per heavy atom. The number of nitrogens with zero attached hydrogens (tertiary/aromatic N) is 2. The van der Waals surface area contributed by atoms with Gasteiger partial charge in [-0.1, -0.05) is 17.7 Å². The molecule has 0 spiro atoms. The number of carbonyl (C=O) groups is 2. The number of aromatic nitrogens is 2. The first kappa shape index (κ1) is 17.7. The molecule has 0 radical (unpaired) electrons. The number of halogens is 1. The zero-order chi connectivity index (χ0) is 17.7. The quantitative estimate of drug-likeness (QED) is 0.453. The second-order valence-electron chi connectivity index (χ2n) is 4.92. The van der Waals surface area contributed by atoms with Gasteiger partial charge in [0.25, 0.3) is 0 Å². The normalized spacial score (nSPS) is 10.8. The third-order valence-electron chi connectivity index (χ3n) is 3.19. The maximum atomic E-state index is 11.4. The molecule has 6 nitrogen and oxygen atoms in total. The topological polar surface area (TPSA) is 70.4 Å². The summed E-state index contributed by atoms with van der Waals surface area (Å²) in [6.07, 6.45) is 3.61. The number of rotatable bonds is 6. The number of aldehydes is 1. The highest BCUT2D eigenvalue weighted by Crippen LogP contribution is 2.32. The molecule has 0 atom stereocenters. The summed E-state index contributed by atoms with van der Waals surface area (Å²) >= 11 is 6.15. The molecule has 0 saturated carbocycles. The first-order chi connectivity index (χ1) is 11.5. The Hall–Kier alpha value is -2.60. The van der Waals surface area contributed by atoms with Crippen LogP contribution in [0.3, 0.4) is 0 Å². The largest absolute Gasteiger partial charge is 0.463 e. The van der Waals surface area contributed by atoms with E-state index in [0.29, 0.717) is 46.4 Å². The van der Waals surface area contributed by atoms with Crippen LogP contribution in [0.2, 0.25) is 5.02 Å². The lowest BCUT2D eigenvalue weighted by molar-refractivity contribution is -0.137. The van der Waals surface area contributed by atoms with Crippen molar-refractivity contribution in [1.29, 1.82) is 0 Å². The van der Waals surface area contributed by atoms with Crippen LogP contribution in [0.4, 0.5) is 0 Å². The first-order valence-corrected chi connectivity index (χ1v) is 7.65. The molecule has 0 bridgehead atoms. The van der Waals surface area contributed by atoms with Crippen LogP contribution in [0.1, 0.15) is 28.5 Å². The van der Waals surface area contributed by atoms with Crippen molar-refractivity contribution in [2.24, 2.45) is 7.05 Å². The second kappa shape index (κ2) is 7.79. The molecule has 126 valence electrons. The Morgan fingerprint density at radius 2 is 2.17 bits per heavy atom. The Bertz CT molecular complexity index is 796. The fourth-order valence-corrected chi connectivity index (χ4v) is 2.23. The third-order valence-corrected chi connectivity index (χ3v) is 3.50. The van der Waals surface area contributed by atoms with Crippen molar-refractivity contribution in [3.8, 4) is 11.6 Å². The van der Waals surface area contributed by atoms with Crippen molar-refractivity contribution >= 4 is 29.9 Å². The summed E-state index contributed by atoms with van der Waals surface area (Å²) in [4.78, 5) is 22.6. The summed E-state index contributed by atoms with van der Waals surface area (Å²) in [5.41, 5.74) is 1.63. The highest BCUT2D eigenvalue weighted by molar-refractivity contribution is 6.32. The van der Waals surface area contributed by atoms with Crippen molar-refractivity contribution in [3.63, 3.8) is 0 Å². The van der Waals surface area contributed by atoms with E-state index >= 15 is 0 Å². The fourth-order valence-electron chi connectivity index (χ4n) is 2.07. The average molecular weight is 349 g/mol. The Balaban J connectivity index is 2.30. The first-order valence-electron chi connectivity index (χ1n) is 7.27. The summed E-state index contributed by atoms with van der Waals surface area (Å²) in [5.74, 6) is 0.227. The maximum absolute atomic E-state index is 11.4. The second-order valence-corrected chi connectivity index (χ2v) is 5.33. The number of hydrogen-bond donors (Lipinski definition) is 0. The molecule has 0 aliphatic carbocycles. The minimum atomic E-state index is -0.430. The van der Waals surface area contributed by atoms with Crippen LogP contribution >= 0.6 is 11.6 Å². The van der Waals surface area contributed by atoms with E-state index in [2.05, 4.69) is 5.10 Å². The van der Waals surface area contributed by atoms with Gasteiger partial charge in [-0.2, -0.15) is 5.10 Å². The van der Waals surface area contributed by atoms with E-state index < -0.39 is 5.97 Å². The van der Waals surface area contributed by atoms with E-state index in [0.717, 1.165) is 0 Å². The van der Waals surface area contributed by atoms with Crippen LogP contribution in [0.25, 0.3) is 6.08 Å². The van der Waals surface area contributed by atoms with Gasteiger partial charge in [0.1, 0.15) is 5.75 Å². The molecule has 1 heterocycles. The number of ether oxygens (including phenoxy) is 2. The summed E-state index contributed by atoms with van der Waals surface area (Å²) in [5, 5.41) is 4.53. The Morgan fingerprint density at radius 1 is 1.42 bits per heavy atom. The predicted octanol–water partition coefficient (Wildman–Crippen LogP) is 3.56. The van der Waals surface area contributed by atoms with Gasteiger partial charge in [0.05, 0.1) is 22.9 Å². The van der Waals surface area contributed by atoms with Gasteiger partial charge in [-0.3, -0.25) is 4.79 Å². The maximum Gasteiger partial charge on any atom is 0.330 e. The number of benzene rings is 1. The van der Waals surface area contributed by atoms with Gasteiger partial charge in [-0.05, 0) is 37.6 Å². The summed E-state index contributed by atoms with van der Waals surface area (Å²) in [6.45, 7) is 3.77. The van der Waals surface area contributed by atoms with Crippen LogP contribution in [-0.2, 0) is 16.6 Å². The average Bonchev–Trinajstić information content (AvgIpc) is 2.81. The Labute approximate surface area is 144 Å². The third kappa shape index (κ3) is 4.02. The van der Waals surface area contributed by atoms with Gasteiger partial charge >= 0.3 is 5.97 Å². The lowest BCUT2D eigenvalue weighted by Gasteiger charge is -2.09. The van der Waals surface area contributed by atoms with E-state index in [1.54, 1.807) is 45.2 Å². The Kier molecular flexibility index (Phi) is 5.76. The molecular formula is C17H17ClN2O4. The standard InChI is InChI=1S/C17H17ClN2O4/c1-4-23-16(22)8-6-12-5-7-14(18)15(9-12)24-17-13(10-21)11(2)19-20(17)3/h5-10H,4H2,1-3H3. The predicted molar refractivity (Wildman–Crippen MR) is 90.5 cm³/mol. The highest BCUT2D eigenvalue weighted by Gasteiger charge is 2.16. The fraction of sp³-hybridized carbons (Fsp3) is 0.235. The number of carbonyl (C=O) groups excluding carboxylic acids is 2. The van der Waals surface area contributed by atoms with Gasteiger partial charge in [0.2, 0.25) is 5.88 Å². The number of esters is 1. The van der Waals surface area contributed by atoms with Crippen LogP contribution < -0.4 is 4.74 Å². The van der Waals surface area contributed by atoms with Crippen molar-refractivity contribution in [2.75, 3.05) is 6.61 Å². The van der Waals surface area contributed by atoms with Crippen LogP contribution in [-0.4, -0.2) is 28.6 Å². The zero-order valence-corrected chi connectivity index (χ0v) is 14.3. The van der Waals surface area contributed by atoms with Gasteiger partial charge < -0.3 is 9.47 Å². The van der Waals surface area contributed by atoms with Crippen LogP contribution in [0.5, 0.6) is 11.6 Å². The van der Waals surface area contributed by atoms with Crippen LogP contribution in [0.15, 0.2) is 24.3 Å². The van der Waals surface area contributed by atoms with E-state index in [1.807, 2.05) is 0 Å². The molecule has 2 rings (SSSR count). The molecule has 0 fully saturated rings. The van der Waals surface area contributed by atoms with Gasteiger partial charge in [0, 0.05) is 13.1 Å². The zero-order valence-electron chi connectivity index (χ0n) is 13.6. The molecule has 0 aliphatic rings. The van der Waals surface area contributed by atoms with Crippen LogP contribution in [0, 0.1) is 6.92 Å². The van der Waals surface area contributed by atoms with Crippen molar-refractivity contribution in [1.82, 2.24) is 9.78 Å². The van der Waals surface area contributed by atoms with Gasteiger partial charge in [0.15, 0.2) is 6.29 Å². The smallest absolute Gasteiger partial charge is 0.330 e. The molecule has 0 amide bonds. The summed E-state index contributed by atoms with van der Waals surface area (Å²) in [7, 11) is 1.67. The highest BCUT2D eigenvalue weighted by atomic mass is 35.5. The van der Waals surface area contributed by atoms with Crippen molar-refractivity contribution in [2.45, 2.75) is 13.8 Å². The molecule has 0 N–H and O–H groups in total. The van der Waals surface area contributed by atoms with Gasteiger partial charge in [-0.15, -0.1) is 0 Å². The van der Waals surface area contributed by atoms with E-state index in [9.17, 15) is 9.59 Å². The molecule has 0 saturated heterocycles. The molecule has 24 heavy (non-hydrogen) atoms. The molecule has 1 aromatic carbocycles. The lowest BCUT2D eigenvalue weighted by atomic mass is 10.2. The molecule has 7 heteroatoms. The molecular weight excluding hydrogens is 332 g/mol. The number of hydrogen-bond acceptors (Lipinski definition) is 5. The summed E-state index contributed by atoms with van der Waals surface area (Å²) in [6, 6.07) is 5.04. The minimum Gasteiger partial charge on any atom is -0.463 e. The van der Waals surface area contributed by atoms with E-state index in [4.69, 9.17) is 21.1 Å². The molecule has 2 aromatic rings. The van der Waals surface area contributed by atoms with Gasteiger partial charge in [-0.25, -0.2) is 9.48 Å².